The molecule has 2 aromatic carbocycles. The average molecular weight is 626 g/mol. The summed E-state index contributed by atoms with van der Waals surface area (Å²) in [6.45, 7) is 2.66. The highest BCUT2D eigenvalue weighted by Crippen LogP contribution is 2.37. The van der Waals surface area contributed by atoms with Gasteiger partial charge in [-0.1, -0.05) is 23.7 Å². The van der Waals surface area contributed by atoms with Crippen LogP contribution in [0, 0.1) is 7.14 Å². The summed E-state index contributed by atoms with van der Waals surface area (Å²) in [7, 11) is 0. The number of amides is 2. The number of rotatable bonds is 5. The average Bonchev–Trinajstić information content (AvgIpc) is 2.87. The second-order valence-corrected chi connectivity index (χ2v) is 9.47. The Hall–Kier alpha value is -0.780. The van der Waals surface area contributed by atoms with Crippen LogP contribution < -0.4 is 4.74 Å². The van der Waals surface area contributed by atoms with Crippen molar-refractivity contribution < 1.29 is 14.3 Å². The molecule has 1 saturated heterocycles. The predicted octanol–water partition coefficient (Wildman–Crippen LogP) is 6.18. The number of carbonyl (C=O) groups excluding carboxylic acids is 2. The Bertz CT molecular complexity index is 931. The maximum Gasteiger partial charge on any atom is 0.293 e. The number of carbonyl (C=O) groups is 2. The number of hydrogen-bond donors (Lipinski definition) is 0. The summed E-state index contributed by atoms with van der Waals surface area (Å²) >= 11 is 11.3. The summed E-state index contributed by atoms with van der Waals surface area (Å²) in [6.07, 6.45) is 1.74. The Balaban J connectivity index is 1.89. The van der Waals surface area contributed by atoms with E-state index in [2.05, 4.69) is 45.2 Å². The van der Waals surface area contributed by atoms with E-state index in [1.807, 2.05) is 31.2 Å². The van der Waals surface area contributed by atoms with E-state index in [4.69, 9.17) is 16.3 Å². The highest BCUT2D eigenvalue weighted by Gasteiger charge is 2.35. The van der Waals surface area contributed by atoms with Gasteiger partial charge < -0.3 is 4.74 Å². The number of nitrogens with zero attached hydrogens (tertiary/aromatic N) is 1. The van der Waals surface area contributed by atoms with E-state index in [0.717, 1.165) is 35.8 Å². The van der Waals surface area contributed by atoms with Crippen molar-refractivity contribution in [3.63, 3.8) is 0 Å². The second kappa shape index (κ2) is 9.15. The van der Waals surface area contributed by atoms with Gasteiger partial charge in [0.15, 0.2) is 0 Å². The second-order valence-electron chi connectivity index (χ2n) is 5.63. The van der Waals surface area contributed by atoms with Crippen LogP contribution in [0.25, 0.3) is 6.08 Å². The normalized spacial score (nSPS) is 15.7. The van der Waals surface area contributed by atoms with Gasteiger partial charge in [0.2, 0.25) is 0 Å². The largest absolute Gasteiger partial charge is 0.492 e. The van der Waals surface area contributed by atoms with Crippen LogP contribution >= 0.6 is 68.5 Å². The molecule has 0 saturated carbocycles. The molecule has 0 spiro atoms. The summed E-state index contributed by atoms with van der Waals surface area (Å²) in [5.41, 5.74) is 1.65. The van der Waals surface area contributed by atoms with Gasteiger partial charge in [-0.2, -0.15) is 0 Å². The van der Waals surface area contributed by atoms with Crippen LogP contribution in [0.4, 0.5) is 4.79 Å². The van der Waals surface area contributed by atoms with Crippen molar-refractivity contribution in [1.82, 2.24) is 4.90 Å². The van der Waals surface area contributed by atoms with E-state index in [9.17, 15) is 9.59 Å². The third kappa shape index (κ3) is 4.99. The van der Waals surface area contributed by atoms with Crippen LogP contribution in [0.1, 0.15) is 18.1 Å². The Morgan fingerprint density at radius 2 is 1.89 bits per heavy atom. The highest BCUT2D eigenvalue weighted by molar-refractivity contribution is 14.1. The summed E-state index contributed by atoms with van der Waals surface area (Å²) in [5.74, 6) is 0.430. The number of imide groups is 1. The highest BCUT2D eigenvalue weighted by atomic mass is 127. The van der Waals surface area contributed by atoms with Crippen molar-refractivity contribution >= 4 is 85.8 Å². The van der Waals surface area contributed by atoms with Gasteiger partial charge in [0.25, 0.3) is 11.1 Å². The maximum absolute atomic E-state index is 12.8. The van der Waals surface area contributed by atoms with Crippen molar-refractivity contribution in [3.8, 4) is 5.75 Å². The minimum absolute atomic E-state index is 0.224. The molecule has 0 radical (unpaired) electrons. The van der Waals surface area contributed by atoms with Gasteiger partial charge >= 0.3 is 0 Å². The van der Waals surface area contributed by atoms with Gasteiger partial charge in [0.1, 0.15) is 5.75 Å². The Kier molecular flexibility index (Phi) is 7.09. The summed E-state index contributed by atoms with van der Waals surface area (Å²) in [5, 5.41) is 0.337. The first-order valence-electron chi connectivity index (χ1n) is 8.00. The number of ether oxygens (including phenoxy) is 1. The quantitative estimate of drug-likeness (QED) is 0.294. The fourth-order valence-electron chi connectivity index (χ4n) is 2.53. The molecule has 2 aromatic rings. The maximum atomic E-state index is 12.8. The molecule has 140 valence electrons. The first kappa shape index (κ1) is 20.9. The standard InChI is InChI=1S/C19H14ClI2NO3S/c1-2-26-17-12(7-14(21)9-15(17)22)8-16-18(24)23(19(25)27-16)10-11-3-5-13(20)6-4-11/h3-9H,2,10H2,1H3/b16-8-. The lowest BCUT2D eigenvalue weighted by Gasteiger charge is -2.13. The van der Waals surface area contributed by atoms with Crippen molar-refractivity contribution in [2.45, 2.75) is 13.5 Å². The monoisotopic (exact) mass is 625 g/mol. The molecule has 1 aliphatic heterocycles. The van der Waals surface area contributed by atoms with Crippen LogP contribution in [-0.2, 0) is 11.3 Å². The van der Waals surface area contributed by atoms with Crippen molar-refractivity contribution in [2.75, 3.05) is 6.61 Å². The first-order chi connectivity index (χ1) is 12.9. The molecule has 0 N–H and O–H groups in total. The Morgan fingerprint density at radius 1 is 1.19 bits per heavy atom. The third-order valence-electron chi connectivity index (χ3n) is 3.74. The fraction of sp³-hybridized carbons (Fsp3) is 0.158. The lowest BCUT2D eigenvalue weighted by atomic mass is 10.1. The number of hydrogen-bond acceptors (Lipinski definition) is 4. The Morgan fingerprint density at radius 3 is 2.56 bits per heavy atom. The van der Waals surface area contributed by atoms with E-state index < -0.39 is 0 Å². The minimum atomic E-state index is -0.295. The molecule has 1 fully saturated rings. The zero-order valence-electron chi connectivity index (χ0n) is 14.2. The lowest BCUT2D eigenvalue weighted by molar-refractivity contribution is -0.123. The molecule has 27 heavy (non-hydrogen) atoms. The minimum Gasteiger partial charge on any atom is -0.492 e. The zero-order valence-corrected chi connectivity index (χ0v) is 20.1. The molecule has 3 rings (SSSR count). The summed E-state index contributed by atoms with van der Waals surface area (Å²) in [6, 6.07) is 11.1. The molecule has 8 heteroatoms. The molecule has 2 amide bonds. The van der Waals surface area contributed by atoms with Gasteiger partial charge in [-0.05, 0) is 99.8 Å². The van der Waals surface area contributed by atoms with Crippen LogP contribution in [0.5, 0.6) is 5.75 Å². The number of benzene rings is 2. The topological polar surface area (TPSA) is 46.6 Å². The first-order valence-corrected chi connectivity index (χ1v) is 11.4. The van der Waals surface area contributed by atoms with Crippen LogP contribution in [0.15, 0.2) is 41.3 Å². The SMILES string of the molecule is CCOc1c(I)cc(I)cc1/C=C1\SC(=O)N(Cc2ccc(Cl)cc2)C1=O. The third-order valence-corrected chi connectivity index (χ3v) is 6.32. The zero-order chi connectivity index (χ0) is 19.6. The molecule has 0 aliphatic carbocycles. The molecule has 1 aliphatic rings. The van der Waals surface area contributed by atoms with Gasteiger partial charge in [-0.3, -0.25) is 14.5 Å². The van der Waals surface area contributed by atoms with E-state index in [1.165, 1.54) is 4.90 Å². The summed E-state index contributed by atoms with van der Waals surface area (Å²) in [4.78, 5) is 26.8. The van der Waals surface area contributed by atoms with Crippen LogP contribution in [0.2, 0.25) is 5.02 Å². The van der Waals surface area contributed by atoms with Crippen LogP contribution in [-0.4, -0.2) is 22.7 Å². The van der Waals surface area contributed by atoms with Crippen molar-refractivity contribution in [2.24, 2.45) is 0 Å². The van der Waals surface area contributed by atoms with Gasteiger partial charge in [-0.15, -0.1) is 0 Å². The fourth-order valence-corrected chi connectivity index (χ4v) is 5.53. The molecule has 0 unspecified atom stereocenters. The summed E-state index contributed by atoms with van der Waals surface area (Å²) < 4.78 is 7.74. The molecular formula is C19H14ClI2NO3S. The number of thioether (sulfide) groups is 1. The van der Waals surface area contributed by atoms with Crippen molar-refractivity contribution in [3.05, 3.63) is 64.6 Å². The van der Waals surface area contributed by atoms with Gasteiger partial charge in [-0.25, -0.2) is 0 Å². The van der Waals surface area contributed by atoms with Gasteiger partial charge in [0.05, 0.1) is 21.6 Å². The molecule has 0 aromatic heterocycles. The molecule has 0 bridgehead atoms. The van der Waals surface area contributed by atoms with Gasteiger partial charge in [0, 0.05) is 14.2 Å². The number of halogens is 3. The smallest absolute Gasteiger partial charge is 0.293 e. The molecule has 4 nitrogen and oxygen atoms in total. The predicted molar refractivity (Wildman–Crippen MR) is 126 cm³/mol. The Labute approximate surface area is 193 Å². The lowest BCUT2D eigenvalue weighted by Crippen LogP contribution is -2.27. The molecular weight excluding hydrogens is 612 g/mol. The van der Waals surface area contributed by atoms with E-state index >= 15 is 0 Å². The molecule has 1 heterocycles. The van der Waals surface area contributed by atoms with Crippen LogP contribution in [0.3, 0.4) is 0 Å². The van der Waals surface area contributed by atoms with E-state index in [0.29, 0.717) is 16.5 Å². The van der Waals surface area contributed by atoms with E-state index in [-0.39, 0.29) is 17.7 Å². The van der Waals surface area contributed by atoms with E-state index in [1.54, 1.807) is 18.2 Å². The van der Waals surface area contributed by atoms with Crippen molar-refractivity contribution in [1.29, 1.82) is 0 Å². The molecule has 0 atom stereocenters.